The zero-order chi connectivity index (χ0) is 25.2. The van der Waals surface area contributed by atoms with Gasteiger partial charge in [-0.1, -0.05) is 97.1 Å². The number of hydrogen-bond donors (Lipinski definition) is 0. The lowest BCUT2D eigenvalue weighted by Gasteiger charge is -2.11. The Kier molecular flexibility index (Phi) is 5.75. The van der Waals surface area contributed by atoms with Crippen molar-refractivity contribution in [3.63, 3.8) is 0 Å². The molecule has 6 aromatic rings. The highest BCUT2D eigenvalue weighted by Gasteiger charge is 2.22. The standard InChI is InChI=1S/C30H21N3O3S/c34-37(35,36-26-12-5-2-6-13-26)29-21-25(19-17-24(29)16-15-22-9-3-1-4-10-22)33-31-28-20-18-23-11-7-8-14-27(23)30(28)32-33/h1-21H/b16-15-. The number of rotatable bonds is 6. The van der Waals surface area contributed by atoms with Crippen LogP contribution in [-0.4, -0.2) is 23.4 Å². The quantitative estimate of drug-likeness (QED) is 0.191. The lowest BCUT2D eigenvalue weighted by Crippen LogP contribution is -2.12. The van der Waals surface area contributed by atoms with Gasteiger partial charge in [0.1, 0.15) is 21.7 Å². The van der Waals surface area contributed by atoms with Crippen LogP contribution in [0.3, 0.4) is 0 Å². The first kappa shape index (κ1) is 22.7. The minimum absolute atomic E-state index is 0.0206. The fraction of sp³-hybridized carbons (Fsp3) is 0. The molecule has 0 fully saturated rings. The van der Waals surface area contributed by atoms with E-state index in [1.165, 1.54) is 4.80 Å². The molecule has 0 spiro atoms. The van der Waals surface area contributed by atoms with Crippen molar-refractivity contribution >= 4 is 44.1 Å². The summed E-state index contributed by atoms with van der Waals surface area (Å²) in [6.45, 7) is 0. The summed E-state index contributed by atoms with van der Waals surface area (Å²) in [4.78, 5) is 1.48. The van der Waals surface area contributed by atoms with Gasteiger partial charge in [-0.2, -0.15) is 13.2 Å². The molecular weight excluding hydrogens is 482 g/mol. The molecule has 6 rings (SSSR count). The van der Waals surface area contributed by atoms with Crippen molar-refractivity contribution in [1.82, 2.24) is 15.0 Å². The van der Waals surface area contributed by atoms with E-state index in [-0.39, 0.29) is 10.6 Å². The average molecular weight is 504 g/mol. The fourth-order valence-corrected chi connectivity index (χ4v) is 5.31. The van der Waals surface area contributed by atoms with Crippen molar-refractivity contribution in [3.05, 3.63) is 126 Å². The molecule has 0 radical (unpaired) electrons. The molecule has 0 saturated carbocycles. The van der Waals surface area contributed by atoms with Gasteiger partial charge in [0.05, 0.1) is 5.69 Å². The number of nitrogens with zero attached hydrogens (tertiary/aromatic N) is 3. The van der Waals surface area contributed by atoms with Crippen LogP contribution in [0.2, 0.25) is 0 Å². The van der Waals surface area contributed by atoms with Crippen LogP contribution in [0.4, 0.5) is 0 Å². The maximum Gasteiger partial charge on any atom is 0.339 e. The molecular formula is C30H21N3O3S. The van der Waals surface area contributed by atoms with Crippen LogP contribution in [0, 0.1) is 0 Å². The minimum atomic E-state index is -4.16. The predicted octanol–water partition coefficient (Wildman–Crippen LogP) is 6.51. The van der Waals surface area contributed by atoms with Crippen molar-refractivity contribution < 1.29 is 12.6 Å². The molecule has 5 aromatic carbocycles. The lowest BCUT2D eigenvalue weighted by atomic mass is 10.1. The van der Waals surface area contributed by atoms with Crippen LogP contribution in [0.15, 0.2) is 120 Å². The summed E-state index contributed by atoms with van der Waals surface area (Å²) < 4.78 is 32.4. The van der Waals surface area contributed by atoms with Crippen molar-refractivity contribution in [1.29, 1.82) is 0 Å². The molecule has 1 aromatic heterocycles. The molecule has 0 saturated heterocycles. The SMILES string of the molecule is O=S(=O)(Oc1ccccc1)c1cc(-n2nc3ccc4ccccc4c3n2)ccc1/C=C\c1ccccc1. The zero-order valence-electron chi connectivity index (χ0n) is 19.6. The molecule has 37 heavy (non-hydrogen) atoms. The van der Waals surface area contributed by atoms with E-state index < -0.39 is 10.1 Å². The predicted molar refractivity (Wildman–Crippen MR) is 146 cm³/mol. The third-order valence-electron chi connectivity index (χ3n) is 5.98. The Morgan fingerprint density at radius 2 is 1.43 bits per heavy atom. The third-order valence-corrected chi connectivity index (χ3v) is 7.28. The maximum absolute atomic E-state index is 13.5. The van der Waals surface area contributed by atoms with Gasteiger partial charge in [0.2, 0.25) is 0 Å². The number of para-hydroxylation sites is 1. The van der Waals surface area contributed by atoms with Crippen LogP contribution in [-0.2, 0) is 10.1 Å². The molecule has 0 aliphatic heterocycles. The lowest BCUT2D eigenvalue weighted by molar-refractivity contribution is 0.486. The second kappa shape index (κ2) is 9.37. The number of fused-ring (bicyclic) bond motifs is 3. The highest BCUT2D eigenvalue weighted by atomic mass is 32.2. The molecule has 6 nitrogen and oxygen atoms in total. The van der Waals surface area contributed by atoms with Crippen LogP contribution in [0.25, 0.3) is 39.6 Å². The number of hydrogen-bond acceptors (Lipinski definition) is 5. The van der Waals surface area contributed by atoms with E-state index in [1.807, 2.05) is 72.8 Å². The van der Waals surface area contributed by atoms with E-state index in [1.54, 1.807) is 54.6 Å². The number of benzene rings is 5. The Morgan fingerprint density at radius 1 is 0.703 bits per heavy atom. The van der Waals surface area contributed by atoms with Crippen LogP contribution < -0.4 is 4.18 Å². The van der Waals surface area contributed by atoms with Crippen molar-refractivity contribution in [2.75, 3.05) is 0 Å². The summed E-state index contributed by atoms with van der Waals surface area (Å²) in [7, 11) is -4.16. The van der Waals surface area contributed by atoms with E-state index in [2.05, 4.69) is 5.10 Å². The maximum atomic E-state index is 13.5. The summed E-state index contributed by atoms with van der Waals surface area (Å²) in [6.07, 6.45) is 3.63. The molecule has 0 aliphatic carbocycles. The highest BCUT2D eigenvalue weighted by molar-refractivity contribution is 7.87. The molecule has 0 N–H and O–H groups in total. The summed E-state index contributed by atoms with van der Waals surface area (Å²) in [5.41, 5.74) is 3.41. The van der Waals surface area contributed by atoms with Gasteiger partial charge in [-0.15, -0.1) is 10.2 Å². The molecule has 0 amide bonds. The van der Waals surface area contributed by atoms with Gasteiger partial charge in [0, 0.05) is 5.39 Å². The van der Waals surface area contributed by atoms with Gasteiger partial charge in [-0.3, -0.25) is 0 Å². The smallest absolute Gasteiger partial charge is 0.339 e. The molecule has 180 valence electrons. The molecule has 0 unspecified atom stereocenters. The first-order valence-corrected chi connectivity index (χ1v) is 13.1. The average Bonchev–Trinajstić information content (AvgIpc) is 3.38. The molecule has 0 atom stereocenters. The largest absolute Gasteiger partial charge is 0.379 e. The summed E-state index contributed by atoms with van der Waals surface area (Å²) >= 11 is 0. The van der Waals surface area contributed by atoms with E-state index in [9.17, 15) is 8.42 Å². The Hall–Kier alpha value is -4.75. The fourth-order valence-electron chi connectivity index (χ4n) is 4.16. The van der Waals surface area contributed by atoms with Crippen LogP contribution in [0.5, 0.6) is 5.75 Å². The highest BCUT2D eigenvalue weighted by Crippen LogP contribution is 2.27. The Labute approximate surface area is 214 Å². The summed E-state index contributed by atoms with van der Waals surface area (Å²) in [5, 5.41) is 11.3. The van der Waals surface area contributed by atoms with Crippen molar-refractivity contribution in [3.8, 4) is 11.4 Å². The second-order valence-corrected chi connectivity index (χ2v) is 9.98. The van der Waals surface area contributed by atoms with Crippen molar-refractivity contribution in [2.45, 2.75) is 4.90 Å². The van der Waals surface area contributed by atoms with Gasteiger partial charge < -0.3 is 4.18 Å². The monoisotopic (exact) mass is 503 g/mol. The normalized spacial score (nSPS) is 11.9. The molecule has 0 bridgehead atoms. The first-order chi connectivity index (χ1) is 18.1. The molecule has 7 heteroatoms. The first-order valence-electron chi connectivity index (χ1n) is 11.7. The van der Waals surface area contributed by atoms with Crippen LogP contribution in [0.1, 0.15) is 11.1 Å². The summed E-state index contributed by atoms with van der Waals surface area (Å²) in [5.74, 6) is 0.236. The Morgan fingerprint density at radius 3 is 2.24 bits per heavy atom. The van der Waals surface area contributed by atoms with E-state index >= 15 is 0 Å². The molecule has 0 aliphatic rings. The van der Waals surface area contributed by atoms with E-state index in [0.29, 0.717) is 11.3 Å². The number of aromatic nitrogens is 3. The van der Waals surface area contributed by atoms with Gasteiger partial charge in [-0.25, -0.2) is 0 Å². The van der Waals surface area contributed by atoms with Crippen molar-refractivity contribution in [2.24, 2.45) is 0 Å². The zero-order valence-corrected chi connectivity index (χ0v) is 20.4. The third kappa shape index (κ3) is 4.60. The van der Waals surface area contributed by atoms with Gasteiger partial charge in [0.25, 0.3) is 0 Å². The molecule has 1 heterocycles. The Bertz CT molecular complexity index is 1860. The van der Waals surface area contributed by atoms with Gasteiger partial charge >= 0.3 is 10.1 Å². The minimum Gasteiger partial charge on any atom is -0.379 e. The van der Waals surface area contributed by atoms with Gasteiger partial charge in [0.15, 0.2) is 0 Å². The van der Waals surface area contributed by atoms with Crippen LogP contribution >= 0.6 is 0 Å². The van der Waals surface area contributed by atoms with E-state index in [4.69, 9.17) is 9.28 Å². The summed E-state index contributed by atoms with van der Waals surface area (Å²) in [6, 6.07) is 35.1. The Balaban J connectivity index is 1.47. The van der Waals surface area contributed by atoms with Gasteiger partial charge in [-0.05, 0) is 46.8 Å². The second-order valence-electron chi connectivity index (χ2n) is 8.46. The van der Waals surface area contributed by atoms with E-state index in [0.717, 1.165) is 27.4 Å². The topological polar surface area (TPSA) is 74.1 Å².